The van der Waals surface area contributed by atoms with Crippen molar-refractivity contribution >= 4 is 16.9 Å². The zero-order valence-electron chi connectivity index (χ0n) is 16.7. The Bertz CT molecular complexity index is 781. The van der Waals surface area contributed by atoms with Gasteiger partial charge in [-0.3, -0.25) is 4.99 Å². The molecule has 0 spiro atoms. The molecule has 2 heterocycles. The predicted octanol–water partition coefficient (Wildman–Crippen LogP) is 3.20. The number of aromatic amines is 1. The molecular weight excluding hydrogens is 334 g/mol. The first-order valence-electron chi connectivity index (χ1n) is 10.6. The van der Waals surface area contributed by atoms with Gasteiger partial charge in [-0.2, -0.15) is 0 Å². The average Bonchev–Trinajstić information content (AvgIpc) is 3.44. The second-order valence-electron chi connectivity index (χ2n) is 8.01. The Labute approximate surface area is 162 Å². The fourth-order valence-electron chi connectivity index (χ4n) is 4.22. The van der Waals surface area contributed by atoms with E-state index in [2.05, 4.69) is 58.8 Å². The van der Waals surface area contributed by atoms with Gasteiger partial charge in [-0.25, -0.2) is 0 Å². The predicted molar refractivity (Wildman–Crippen MR) is 113 cm³/mol. The van der Waals surface area contributed by atoms with Crippen molar-refractivity contribution in [2.45, 2.75) is 58.0 Å². The second kappa shape index (κ2) is 8.34. The van der Waals surface area contributed by atoms with Gasteiger partial charge in [0.2, 0.25) is 0 Å². The highest BCUT2D eigenvalue weighted by molar-refractivity contribution is 5.86. The molecule has 1 aliphatic heterocycles. The monoisotopic (exact) mass is 367 g/mol. The van der Waals surface area contributed by atoms with Crippen molar-refractivity contribution in [3.8, 4) is 0 Å². The lowest BCUT2D eigenvalue weighted by molar-refractivity contribution is 0.197. The van der Waals surface area contributed by atoms with Crippen molar-refractivity contribution in [2.24, 2.45) is 4.99 Å². The number of aromatic nitrogens is 1. The third kappa shape index (κ3) is 4.46. The molecule has 2 fully saturated rings. The van der Waals surface area contributed by atoms with Crippen LogP contribution in [0, 0.1) is 6.92 Å². The summed E-state index contributed by atoms with van der Waals surface area (Å²) in [6.45, 7) is 8.46. The van der Waals surface area contributed by atoms with Gasteiger partial charge < -0.3 is 20.5 Å². The van der Waals surface area contributed by atoms with E-state index in [4.69, 9.17) is 4.99 Å². The largest absolute Gasteiger partial charge is 0.361 e. The Hall–Kier alpha value is -2.01. The van der Waals surface area contributed by atoms with Gasteiger partial charge in [-0.05, 0) is 57.1 Å². The number of piperidine rings is 1. The molecule has 27 heavy (non-hydrogen) atoms. The zero-order valence-corrected chi connectivity index (χ0v) is 16.7. The van der Waals surface area contributed by atoms with Crippen LogP contribution in [-0.4, -0.2) is 54.1 Å². The lowest BCUT2D eigenvalue weighted by atomic mass is 10.1. The molecule has 0 atom stereocenters. The van der Waals surface area contributed by atoms with Gasteiger partial charge in [0, 0.05) is 55.4 Å². The Balaban J connectivity index is 1.32. The fourth-order valence-corrected chi connectivity index (χ4v) is 4.22. The molecule has 0 bridgehead atoms. The van der Waals surface area contributed by atoms with E-state index in [0.717, 1.165) is 31.5 Å². The summed E-state index contributed by atoms with van der Waals surface area (Å²) in [4.78, 5) is 10.9. The van der Waals surface area contributed by atoms with Gasteiger partial charge in [-0.1, -0.05) is 18.2 Å². The van der Waals surface area contributed by atoms with Crippen molar-refractivity contribution in [1.29, 1.82) is 0 Å². The summed E-state index contributed by atoms with van der Waals surface area (Å²) in [7, 11) is 0. The van der Waals surface area contributed by atoms with E-state index in [9.17, 15) is 0 Å². The molecule has 1 aliphatic carbocycles. The zero-order chi connectivity index (χ0) is 18.6. The minimum absolute atomic E-state index is 0.550. The van der Waals surface area contributed by atoms with Crippen LogP contribution in [0.3, 0.4) is 0 Å². The molecule has 5 heteroatoms. The molecule has 0 radical (unpaired) electrons. The molecular formula is C22H33N5. The number of aryl methyl sites for hydroxylation is 1. The van der Waals surface area contributed by atoms with Gasteiger partial charge in [0.25, 0.3) is 0 Å². The summed E-state index contributed by atoms with van der Waals surface area (Å²) < 4.78 is 0. The van der Waals surface area contributed by atoms with E-state index >= 15 is 0 Å². The Morgan fingerprint density at radius 2 is 2.04 bits per heavy atom. The summed E-state index contributed by atoms with van der Waals surface area (Å²) in [5, 5.41) is 8.42. The van der Waals surface area contributed by atoms with Crippen LogP contribution in [0.4, 0.5) is 0 Å². The maximum Gasteiger partial charge on any atom is 0.191 e. The Kier molecular flexibility index (Phi) is 5.67. The van der Waals surface area contributed by atoms with Crippen molar-refractivity contribution in [3.05, 3.63) is 35.5 Å². The highest BCUT2D eigenvalue weighted by atomic mass is 15.2. The molecule has 2 aliphatic rings. The van der Waals surface area contributed by atoms with Gasteiger partial charge >= 0.3 is 0 Å². The van der Waals surface area contributed by atoms with Crippen LogP contribution in [0.5, 0.6) is 0 Å². The topological polar surface area (TPSA) is 55.5 Å². The molecule has 1 aromatic carbocycles. The van der Waals surface area contributed by atoms with E-state index in [0.29, 0.717) is 6.04 Å². The summed E-state index contributed by atoms with van der Waals surface area (Å²) in [6, 6.07) is 7.94. The SMILES string of the molecule is CCNC(=NCCc1c[nH]c2c(C)cccc12)NC1CCN(C2CC2)CC1. The number of hydrogen-bond donors (Lipinski definition) is 3. The maximum absolute atomic E-state index is 4.85. The number of hydrogen-bond acceptors (Lipinski definition) is 2. The lowest BCUT2D eigenvalue weighted by Crippen LogP contribution is -2.49. The summed E-state index contributed by atoms with van der Waals surface area (Å²) >= 11 is 0. The van der Waals surface area contributed by atoms with E-state index in [1.807, 2.05) is 0 Å². The first-order valence-corrected chi connectivity index (χ1v) is 10.6. The first-order chi connectivity index (χ1) is 13.2. The Morgan fingerprint density at radius 3 is 2.78 bits per heavy atom. The fraction of sp³-hybridized carbons (Fsp3) is 0.591. The van der Waals surface area contributed by atoms with Crippen molar-refractivity contribution < 1.29 is 0 Å². The number of aliphatic imine (C=N–C) groups is 1. The lowest BCUT2D eigenvalue weighted by Gasteiger charge is -2.33. The molecule has 1 saturated carbocycles. The number of H-pyrrole nitrogens is 1. The van der Waals surface area contributed by atoms with Crippen LogP contribution in [0.1, 0.15) is 43.7 Å². The molecule has 1 aromatic heterocycles. The van der Waals surface area contributed by atoms with Crippen molar-refractivity contribution in [1.82, 2.24) is 20.5 Å². The van der Waals surface area contributed by atoms with Crippen LogP contribution in [0.25, 0.3) is 10.9 Å². The third-order valence-electron chi connectivity index (χ3n) is 5.94. The summed E-state index contributed by atoms with van der Waals surface area (Å²) in [5.74, 6) is 0.971. The molecule has 4 rings (SSSR count). The standard InChI is InChI=1S/C22H33N5/c1-3-23-22(26-18-10-13-27(14-11-18)19-7-8-19)24-12-9-17-15-25-21-16(2)5-4-6-20(17)21/h4-6,15,18-19,25H,3,7-14H2,1-2H3,(H2,23,24,26). The number of benzene rings is 1. The molecule has 3 N–H and O–H groups in total. The van der Waals surface area contributed by atoms with Crippen LogP contribution >= 0.6 is 0 Å². The van der Waals surface area contributed by atoms with Crippen LogP contribution in [0.2, 0.25) is 0 Å². The number of fused-ring (bicyclic) bond motifs is 1. The first kappa shape index (κ1) is 18.4. The van der Waals surface area contributed by atoms with Crippen LogP contribution in [-0.2, 0) is 6.42 Å². The molecule has 2 aromatic rings. The third-order valence-corrected chi connectivity index (χ3v) is 5.94. The van der Waals surface area contributed by atoms with Crippen LogP contribution in [0.15, 0.2) is 29.4 Å². The highest BCUT2D eigenvalue weighted by Crippen LogP contribution is 2.29. The molecule has 146 valence electrons. The molecule has 5 nitrogen and oxygen atoms in total. The van der Waals surface area contributed by atoms with E-state index < -0.39 is 0 Å². The number of likely N-dealkylation sites (tertiary alicyclic amines) is 1. The summed E-state index contributed by atoms with van der Waals surface area (Å²) in [6.07, 6.45) is 8.37. The molecule has 0 amide bonds. The average molecular weight is 368 g/mol. The molecule has 0 unspecified atom stereocenters. The quantitative estimate of drug-likeness (QED) is 0.543. The van der Waals surface area contributed by atoms with Crippen LogP contribution < -0.4 is 10.6 Å². The minimum Gasteiger partial charge on any atom is -0.361 e. The van der Waals surface area contributed by atoms with Gasteiger partial charge in [-0.15, -0.1) is 0 Å². The Morgan fingerprint density at radius 1 is 1.22 bits per heavy atom. The normalized spacial score (nSPS) is 19.6. The number of nitrogens with one attached hydrogen (secondary N) is 3. The number of para-hydroxylation sites is 1. The second-order valence-corrected chi connectivity index (χ2v) is 8.01. The van der Waals surface area contributed by atoms with Gasteiger partial charge in [0.15, 0.2) is 5.96 Å². The minimum atomic E-state index is 0.550. The van der Waals surface area contributed by atoms with Gasteiger partial charge in [0.05, 0.1) is 0 Å². The number of nitrogens with zero attached hydrogens (tertiary/aromatic N) is 2. The van der Waals surface area contributed by atoms with E-state index in [-0.39, 0.29) is 0 Å². The smallest absolute Gasteiger partial charge is 0.191 e. The maximum atomic E-state index is 4.85. The highest BCUT2D eigenvalue weighted by Gasteiger charge is 2.31. The van der Waals surface area contributed by atoms with Crippen molar-refractivity contribution in [2.75, 3.05) is 26.2 Å². The van der Waals surface area contributed by atoms with Crippen molar-refractivity contribution in [3.63, 3.8) is 0 Å². The summed E-state index contributed by atoms with van der Waals surface area (Å²) in [5.41, 5.74) is 3.91. The van der Waals surface area contributed by atoms with E-state index in [1.165, 1.54) is 60.8 Å². The molecule has 1 saturated heterocycles. The van der Waals surface area contributed by atoms with E-state index in [1.54, 1.807) is 0 Å². The number of guanidine groups is 1. The number of rotatable bonds is 6. The van der Waals surface area contributed by atoms with Gasteiger partial charge in [0.1, 0.15) is 0 Å².